The van der Waals surface area contributed by atoms with Crippen LogP contribution < -0.4 is 0 Å². The molecule has 2 nitrogen and oxygen atoms in total. The van der Waals surface area contributed by atoms with Gasteiger partial charge in [-0.05, 0) is 16.6 Å². The first-order valence-corrected chi connectivity index (χ1v) is 10.7. The molecule has 0 bridgehead atoms. The minimum Gasteiger partial charge on any atom is -0.376 e. The van der Waals surface area contributed by atoms with Gasteiger partial charge in [-0.2, -0.15) is 0 Å². The maximum absolute atomic E-state index is 14.3. The smallest absolute Gasteiger partial charge is 0.253 e. The van der Waals surface area contributed by atoms with Crippen LogP contribution in [0, 0.1) is 5.82 Å². The highest BCUT2D eigenvalue weighted by Crippen LogP contribution is 2.43. The topological polar surface area (TPSA) is 22.0 Å². The van der Waals surface area contributed by atoms with Crippen LogP contribution in [0.25, 0.3) is 0 Å². The minimum atomic E-state index is -2.15. The molecule has 0 saturated carbocycles. The fraction of sp³-hybridized carbons (Fsp3) is 0.667. The van der Waals surface area contributed by atoms with Crippen molar-refractivity contribution in [1.29, 1.82) is 0 Å². The first-order valence-electron chi connectivity index (χ1n) is 7.36. The highest BCUT2D eigenvalue weighted by molar-refractivity contribution is 6.82. The van der Waals surface area contributed by atoms with Crippen LogP contribution in [0.2, 0.25) is 16.6 Å². The van der Waals surface area contributed by atoms with Crippen molar-refractivity contribution in [1.82, 2.24) is 4.23 Å². The van der Waals surface area contributed by atoms with Gasteiger partial charge >= 0.3 is 0 Å². The normalized spacial score (nSPS) is 13.5. The average Bonchev–Trinajstić information content (AvgIpc) is 2.68. The number of carbonyl (C=O) groups excluding carboxylic acids is 1. The van der Waals surface area contributed by atoms with Crippen LogP contribution in [0.1, 0.15) is 51.9 Å². The molecule has 1 aromatic rings. The number of hydrogen-bond acceptors (Lipinski definition) is 1. The van der Waals surface area contributed by atoms with Crippen LogP contribution >= 0.6 is 34.8 Å². The van der Waals surface area contributed by atoms with E-state index in [4.69, 9.17) is 34.8 Å². The number of aromatic nitrogens is 1. The summed E-state index contributed by atoms with van der Waals surface area (Å²) in [7, 11) is -2.12. The monoisotopic (exact) mass is 385 g/mol. The number of halogens is 4. The summed E-state index contributed by atoms with van der Waals surface area (Å²) in [6, 6.07) is 0. The van der Waals surface area contributed by atoms with Crippen LogP contribution in [-0.4, -0.2) is 22.0 Å². The van der Waals surface area contributed by atoms with Gasteiger partial charge in [0.1, 0.15) is 0 Å². The van der Waals surface area contributed by atoms with Crippen molar-refractivity contribution in [3.05, 3.63) is 23.8 Å². The Morgan fingerprint density at radius 2 is 1.45 bits per heavy atom. The van der Waals surface area contributed by atoms with E-state index in [1.165, 1.54) is 12.4 Å². The van der Waals surface area contributed by atoms with Gasteiger partial charge in [0.15, 0.2) is 14.1 Å². The van der Waals surface area contributed by atoms with Crippen molar-refractivity contribution in [2.75, 3.05) is 0 Å². The quantitative estimate of drug-likeness (QED) is 0.335. The van der Waals surface area contributed by atoms with E-state index in [0.29, 0.717) is 16.6 Å². The fourth-order valence-corrected chi connectivity index (χ4v) is 10.7. The zero-order valence-corrected chi connectivity index (χ0v) is 17.0. The molecule has 7 heteroatoms. The summed E-state index contributed by atoms with van der Waals surface area (Å²) in [6.07, 6.45) is 2.93. The first kappa shape index (κ1) is 20.0. The average molecular weight is 387 g/mol. The van der Waals surface area contributed by atoms with Crippen molar-refractivity contribution >= 4 is 48.8 Å². The van der Waals surface area contributed by atoms with E-state index in [0.717, 1.165) is 0 Å². The third-order valence-corrected chi connectivity index (χ3v) is 11.7. The highest BCUT2D eigenvalue weighted by atomic mass is 35.6. The summed E-state index contributed by atoms with van der Waals surface area (Å²) in [5.74, 6) is -1.46. The van der Waals surface area contributed by atoms with Gasteiger partial charge < -0.3 is 4.23 Å². The largest absolute Gasteiger partial charge is 0.376 e. The minimum absolute atomic E-state index is 0.154. The van der Waals surface area contributed by atoms with E-state index in [-0.39, 0.29) is 5.56 Å². The molecule has 0 aromatic carbocycles. The van der Waals surface area contributed by atoms with Crippen LogP contribution in [0.5, 0.6) is 0 Å². The summed E-state index contributed by atoms with van der Waals surface area (Å²) < 4.78 is 14.1. The Morgan fingerprint density at radius 1 is 1.05 bits per heavy atom. The Balaban J connectivity index is 3.52. The number of alkyl halides is 3. The number of Topliss-reactive ketones (excluding diaryl/α,β-unsaturated/α-hetero) is 1. The van der Waals surface area contributed by atoms with Gasteiger partial charge in [0.2, 0.25) is 5.78 Å². The molecule has 1 heterocycles. The van der Waals surface area contributed by atoms with Crippen molar-refractivity contribution in [3.8, 4) is 0 Å². The van der Waals surface area contributed by atoms with Crippen LogP contribution in [-0.2, 0) is 0 Å². The lowest BCUT2D eigenvalue weighted by atomic mass is 10.2. The third-order valence-electron chi connectivity index (χ3n) is 4.50. The Bertz CT molecular complexity index is 528. The van der Waals surface area contributed by atoms with E-state index in [1.807, 2.05) is 4.23 Å². The summed E-state index contributed by atoms with van der Waals surface area (Å²) in [5, 5.41) is 0. The van der Waals surface area contributed by atoms with Gasteiger partial charge in [0.25, 0.3) is 3.79 Å². The summed E-state index contributed by atoms with van der Waals surface area (Å²) in [6.45, 7) is 12.9. The maximum Gasteiger partial charge on any atom is 0.253 e. The van der Waals surface area contributed by atoms with E-state index in [2.05, 4.69) is 41.5 Å². The first-order chi connectivity index (χ1) is 9.86. The Morgan fingerprint density at radius 3 is 1.77 bits per heavy atom. The van der Waals surface area contributed by atoms with Crippen LogP contribution in [0.4, 0.5) is 4.39 Å². The van der Waals surface area contributed by atoms with Crippen molar-refractivity contribution in [2.24, 2.45) is 0 Å². The molecule has 0 aliphatic carbocycles. The SMILES string of the molecule is CC(C)[Si](C(C)C)(C(C)C)n1cc(F)c(C(=O)C(Cl)(Cl)Cl)c1. The van der Waals surface area contributed by atoms with Gasteiger partial charge in [-0.1, -0.05) is 76.3 Å². The molecule has 0 spiro atoms. The maximum atomic E-state index is 14.3. The lowest BCUT2D eigenvalue weighted by molar-refractivity contribution is 0.0993. The van der Waals surface area contributed by atoms with Crippen molar-refractivity contribution in [2.45, 2.75) is 62.0 Å². The second-order valence-electron chi connectivity index (χ2n) is 6.61. The zero-order valence-electron chi connectivity index (χ0n) is 13.8. The molecule has 0 aliphatic heterocycles. The highest BCUT2D eigenvalue weighted by Gasteiger charge is 2.46. The Labute approximate surface area is 148 Å². The number of carbonyl (C=O) groups is 1. The second kappa shape index (κ2) is 6.84. The third kappa shape index (κ3) is 3.40. The second-order valence-corrected chi connectivity index (χ2v) is 14.6. The molecule has 0 saturated heterocycles. The van der Waals surface area contributed by atoms with E-state index in [9.17, 15) is 9.18 Å². The molecule has 126 valence electrons. The van der Waals surface area contributed by atoms with E-state index >= 15 is 0 Å². The molecule has 0 amide bonds. The van der Waals surface area contributed by atoms with Crippen molar-refractivity contribution in [3.63, 3.8) is 0 Å². The summed E-state index contributed by atoms with van der Waals surface area (Å²) >= 11 is 16.9. The van der Waals surface area contributed by atoms with E-state index in [1.54, 1.807) is 0 Å². The lowest BCUT2D eigenvalue weighted by Gasteiger charge is -2.44. The molecule has 0 aliphatic rings. The predicted molar refractivity (Wildman–Crippen MR) is 95.5 cm³/mol. The Hall–Kier alpha value is -0.0331. The summed E-state index contributed by atoms with van der Waals surface area (Å²) in [5.41, 5.74) is 0.957. The predicted octanol–water partition coefficient (Wildman–Crippen LogP) is 6.20. The molecule has 1 rings (SSSR count). The zero-order chi connectivity index (χ0) is 17.5. The molecule has 0 unspecified atom stereocenters. The van der Waals surface area contributed by atoms with Gasteiger partial charge in [0, 0.05) is 12.4 Å². The van der Waals surface area contributed by atoms with Crippen LogP contribution in [0.3, 0.4) is 0 Å². The van der Waals surface area contributed by atoms with Gasteiger partial charge in [-0.3, -0.25) is 4.79 Å². The molecule has 0 atom stereocenters. The fourth-order valence-electron chi connectivity index (χ4n) is 3.87. The lowest BCUT2D eigenvalue weighted by Crippen LogP contribution is -2.51. The molecule has 0 radical (unpaired) electrons. The van der Waals surface area contributed by atoms with E-state index < -0.39 is 23.6 Å². The van der Waals surface area contributed by atoms with Gasteiger partial charge in [-0.25, -0.2) is 4.39 Å². The van der Waals surface area contributed by atoms with Crippen molar-refractivity contribution < 1.29 is 9.18 Å². The number of hydrogen-bond donors (Lipinski definition) is 0. The Kier molecular flexibility index (Phi) is 6.22. The standard InChI is InChI=1S/C15H23Cl3FNOSi/c1-9(2)22(10(3)4,11(5)6)20-7-12(13(19)8-20)14(21)15(16,17)18/h7-11H,1-6H3. The molecule has 0 fully saturated rings. The molecule has 22 heavy (non-hydrogen) atoms. The molecular formula is C15H23Cl3FNOSi. The summed E-state index contributed by atoms with van der Waals surface area (Å²) in [4.78, 5) is 12.1. The van der Waals surface area contributed by atoms with Gasteiger partial charge in [-0.15, -0.1) is 0 Å². The number of rotatable bonds is 5. The molecule has 0 N–H and O–H groups in total. The number of nitrogens with zero attached hydrogens (tertiary/aromatic N) is 1. The number of ketones is 1. The van der Waals surface area contributed by atoms with Crippen LogP contribution in [0.15, 0.2) is 12.4 Å². The molecule has 1 aromatic heterocycles. The van der Waals surface area contributed by atoms with Gasteiger partial charge in [0.05, 0.1) is 5.56 Å². The molecular weight excluding hydrogens is 364 g/mol.